The predicted octanol–water partition coefficient (Wildman–Crippen LogP) is 2.07. The molecule has 1 aromatic carbocycles. The van der Waals surface area contributed by atoms with Crippen LogP contribution in [0.15, 0.2) is 33.7 Å². The number of sulfone groups is 1. The highest BCUT2D eigenvalue weighted by molar-refractivity contribution is 9.10. The number of carbonyl (C=O) groups is 1. The molecular weight excluding hydrogens is 376 g/mol. The van der Waals surface area contributed by atoms with Gasteiger partial charge in [0.05, 0.1) is 17.5 Å². The number of carbonyl (C=O) groups excluding carboxylic acids is 1. The van der Waals surface area contributed by atoms with E-state index in [-0.39, 0.29) is 28.7 Å². The van der Waals surface area contributed by atoms with Gasteiger partial charge in [0.25, 0.3) is 0 Å². The van der Waals surface area contributed by atoms with Gasteiger partial charge in [-0.25, -0.2) is 8.42 Å². The lowest BCUT2D eigenvalue weighted by Gasteiger charge is -2.24. The molecule has 2 fully saturated rings. The molecule has 5 nitrogen and oxygen atoms in total. The molecule has 0 saturated carbocycles. The molecule has 3 rings (SSSR count). The monoisotopic (exact) mass is 388 g/mol. The number of anilines is 1. The highest BCUT2D eigenvalue weighted by Crippen LogP contribution is 2.41. The Bertz CT molecular complexity index is 715. The molecule has 0 bridgehead atoms. The Morgan fingerprint density at radius 1 is 1.33 bits per heavy atom. The standard InChI is InChI=1S/C13H13BrN2O3S2/c1-8(17)15-13-16(10-4-2-9(14)3-5-10)11-6-21(18,19)7-12(11)20-13/h2-5,11-12H,6-7H2,1H3/t11-,12+/m1/s1. The molecule has 2 aliphatic heterocycles. The van der Waals surface area contributed by atoms with Crippen LogP contribution in [0.5, 0.6) is 0 Å². The van der Waals surface area contributed by atoms with E-state index in [1.807, 2.05) is 29.2 Å². The van der Waals surface area contributed by atoms with Crippen molar-refractivity contribution in [3.63, 3.8) is 0 Å². The van der Waals surface area contributed by atoms with Crippen molar-refractivity contribution in [1.29, 1.82) is 0 Å². The molecule has 2 saturated heterocycles. The Labute approximate surface area is 135 Å². The number of amides is 1. The second kappa shape index (κ2) is 5.40. The van der Waals surface area contributed by atoms with E-state index >= 15 is 0 Å². The number of benzene rings is 1. The van der Waals surface area contributed by atoms with Crippen LogP contribution in [0.4, 0.5) is 5.69 Å². The molecule has 2 heterocycles. The van der Waals surface area contributed by atoms with Crippen LogP contribution >= 0.6 is 27.7 Å². The Morgan fingerprint density at radius 2 is 2.00 bits per heavy atom. The molecule has 2 atom stereocenters. The zero-order valence-electron chi connectivity index (χ0n) is 11.2. The average Bonchev–Trinajstić information content (AvgIpc) is 2.81. The van der Waals surface area contributed by atoms with Gasteiger partial charge in [0, 0.05) is 22.3 Å². The van der Waals surface area contributed by atoms with Crippen molar-refractivity contribution in [3.8, 4) is 0 Å². The van der Waals surface area contributed by atoms with Crippen LogP contribution in [0.1, 0.15) is 6.92 Å². The van der Waals surface area contributed by atoms with E-state index in [1.165, 1.54) is 18.7 Å². The van der Waals surface area contributed by atoms with Crippen LogP contribution < -0.4 is 4.90 Å². The molecule has 0 spiro atoms. The minimum absolute atomic E-state index is 0.0586. The van der Waals surface area contributed by atoms with Gasteiger partial charge < -0.3 is 4.90 Å². The maximum atomic E-state index is 11.8. The topological polar surface area (TPSA) is 66.8 Å². The van der Waals surface area contributed by atoms with Gasteiger partial charge in [-0.1, -0.05) is 27.7 Å². The highest BCUT2D eigenvalue weighted by atomic mass is 79.9. The number of hydrogen-bond donors (Lipinski definition) is 0. The fourth-order valence-corrected chi connectivity index (χ4v) is 6.83. The van der Waals surface area contributed by atoms with Crippen molar-refractivity contribution in [2.45, 2.75) is 18.2 Å². The SMILES string of the molecule is CC(=O)N=C1S[C@H]2CS(=O)(=O)C[C@H]2N1c1ccc(Br)cc1. The van der Waals surface area contributed by atoms with Crippen molar-refractivity contribution in [3.05, 3.63) is 28.7 Å². The number of hydrogen-bond acceptors (Lipinski definition) is 4. The lowest BCUT2D eigenvalue weighted by molar-refractivity contribution is -0.115. The molecule has 0 unspecified atom stereocenters. The maximum absolute atomic E-state index is 11.8. The van der Waals surface area contributed by atoms with Gasteiger partial charge in [-0.2, -0.15) is 4.99 Å². The first-order chi connectivity index (χ1) is 9.85. The molecule has 0 aromatic heterocycles. The molecular formula is C13H13BrN2O3S2. The van der Waals surface area contributed by atoms with E-state index in [4.69, 9.17) is 0 Å². The summed E-state index contributed by atoms with van der Waals surface area (Å²) in [4.78, 5) is 17.3. The van der Waals surface area contributed by atoms with Crippen molar-refractivity contribution in [2.75, 3.05) is 16.4 Å². The van der Waals surface area contributed by atoms with Gasteiger partial charge in [0.2, 0.25) is 5.91 Å². The smallest absolute Gasteiger partial charge is 0.244 e. The third-order valence-electron chi connectivity index (χ3n) is 3.42. The zero-order chi connectivity index (χ0) is 15.2. The first-order valence-electron chi connectivity index (χ1n) is 6.37. The summed E-state index contributed by atoms with van der Waals surface area (Å²) in [6.07, 6.45) is 0. The predicted molar refractivity (Wildman–Crippen MR) is 88.6 cm³/mol. The lowest BCUT2D eigenvalue weighted by atomic mass is 10.2. The van der Waals surface area contributed by atoms with E-state index in [9.17, 15) is 13.2 Å². The number of aliphatic imine (C=N–C) groups is 1. The van der Waals surface area contributed by atoms with Gasteiger partial charge in [-0.15, -0.1) is 0 Å². The third-order valence-corrected chi connectivity index (χ3v) is 7.16. The quantitative estimate of drug-likeness (QED) is 0.736. The van der Waals surface area contributed by atoms with Crippen LogP contribution in [0.25, 0.3) is 0 Å². The van der Waals surface area contributed by atoms with Gasteiger partial charge in [0.1, 0.15) is 0 Å². The number of nitrogens with zero attached hydrogens (tertiary/aromatic N) is 2. The van der Waals surface area contributed by atoms with Crippen molar-refractivity contribution >= 4 is 54.3 Å². The molecule has 0 radical (unpaired) electrons. The largest absolute Gasteiger partial charge is 0.316 e. The Kier molecular flexibility index (Phi) is 3.87. The first-order valence-corrected chi connectivity index (χ1v) is 9.86. The van der Waals surface area contributed by atoms with E-state index in [0.29, 0.717) is 5.17 Å². The van der Waals surface area contributed by atoms with E-state index < -0.39 is 9.84 Å². The zero-order valence-corrected chi connectivity index (χ0v) is 14.4. The maximum Gasteiger partial charge on any atom is 0.244 e. The van der Waals surface area contributed by atoms with Crippen LogP contribution in [-0.4, -0.2) is 42.3 Å². The van der Waals surface area contributed by atoms with E-state index in [2.05, 4.69) is 20.9 Å². The van der Waals surface area contributed by atoms with Crippen molar-refractivity contribution in [1.82, 2.24) is 0 Å². The highest BCUT2D eigenvalue weighted by Gasteiger charge is 2.49. The summed E-state index contributed by atoms with van der Waals surface area (Å²) < 4.78 is 24.6. The number of rotatable bonds is 1. The molecule has 8 heteroatoms. The minimum atomic E-state index is -3.02. The summed E-state index contributed by atoms with van der Waals surface area (Å²) in [6, 6.07) is 7.42. The van der Waals surface area contributed by atoms with Crippen LogP contribution in [0.3, 0.4) is 0 Å². The van der Waals surface area contributed by atoms with Gasteiger partial charge >= 0.3 is 0 Å². The molecule has 21 heavy (non-hydrogen) atoms. The molecule has 0 aliphatic carbocycles. The second-order valence-electron chi connectivity index (χ2n) is 5.06. The Morgan fingerprint density at radius 3 is 2.62 bits per heavy atom. The summed E-state index contributed by atoms with van der Waals surface area (Å²) in [7, 11) is -3.02. The molecule has 1 aromatic rings. The summed E-state index contributed by atoms with van der Waals surface area (Å²) in [5, 5.41) is 0.534. The number of amidine groups is 1. The van der Waals surface area contributed by atoms with Crippen molar-refractivity contribution in [2.24, 2.45) is 4.99 Å². The van der Waals surface area contributed by atoms with E-state index in [1.54, 1.807) is 0 Å². The second-order valence-corrected chi connectivity index (χ2v) is 9.34. The van der Waals surface area contributed by atoms with Gasteiger partial charge in [0.15, 0.2) is 15.0 Å². The van der Waals surface area contributed by atoms with Crippen molar-refractivity contribution < 1.29 is 13.2 Å². The lowest BCUT2D eigenvalue weighted by Crippen LogP contribution is -2.37. The van der Waals surface area contributed by atoms with Gasteiger partial charge in [-0.05, 0) is 24.3 Å². The van der Waals surface area contributed by atoms with Crippen LogP contribution in [-0.2, 0) is 14.6 Å². The number of thioether (sulfide) groups is 1. The third kappa shape index (κ3) is 3.02. The summed E-state index contributed by atoms with van der Waals surface area (Å²) in [5.41, 5.74) is 0.857. The Balaban J connectivity index is 2.02. The van der Waals surface area contributed by atoms with E-state index in [0.717, 1.165) is 10.2 Å². The molecule has 112 valence electrons. The fourth-order valence-electron chi connectivity index (χ4n) is 2.60. The molecule has 1 amide bonds. The summed E-state index contributed by atoms with van der Waals surface area (Å²) in [5.74, 6) is -0.0216. The first kappa shape index (κ1) is 15.1. The minimum Gasteiger partial charge on any atom is -0.316 e. The van der Waals surface area contributed by atoms with Crippen LogP contribution in [0, 0.1) is 0 Å². The molecule has 2 aliphatic rings. The summed E-state index contributed by atoms with van der Waals surface area (Å²) >= 11 is 4.76. The molecule has 0 N–H and O–H groups in total. The van der Waals surface area contributed by atoms with Crippen LogP contribution in [0.2, 0.25) is 0 Å². The summed E-state index contributed by atoms with van der Waals surface area (Å²) in [6.45, 7) is 1.40. The Hall–Kier alpha value is -0.860. The normalized spacial score (nSPS) is 28.9. The van der Waals surface area contributed by atoms with Gasteiger partial charge in [-0.3, -0.25) is 4.79 Å². The number of fused-ring (bicyclic) bond motifs is 1. The fraction of sp³-hybridized carbons (Fsp3) is 0.385. The average molecular weight is 389 g/mol. The number of halogens is 1.